The topological polar surface area (TPSA) is 83.8 Å². The highest BCUT2D eigenvalue weighted by molar-refractivity contribution is 9.11. The van der Waals surface area contributed by atoms with Crippen LogP contribution in [0.2, 0.25) is 0 Å². The molecule has 0 atom stereocenters. The van der Waals surface area contributed by atoms with Gasteiger partial charge in [0.15, 0.2) is 5.75 Å². The maximum absolute atomic E-state index is 11.4. The highest BCUT2D eigenvalue weighted by Gasteiger charge is 2.16. The predicted molar refractivity (Wildman–Crippen MR) is 121 cm³/mol. The van der Waals surface area contributed by atoms with Crippen molar-refractivity contribution in [2.24, 2.45) is 0 Å². The maximum Gasteiger partial charge on any atom is 0.394 e. The number of anilines is 1. The van der Waals surface area contributed by atoms with Crippen LogP contribution in [-0.2, 0) is 16.3 Å². The summed E-state index contributed by atoms with van der Waals surface area (Å²) in [5, 5.41) is 12.1. The minimum Gasteiger partial charge on any atom is -0.474 e. The molecular formula is C21H19Br2N3O4. The number of hydrogen-bond acceptors (Lipinski definition) is 4. The number of hydrogen-bond donors (Lipinski definition) is 2. The lowest BCUT2D eigenvalue weighted by Gasteiger charge is -2.16. The molecule has 2 heterocycles. The molecule has 4 rings (SSSR count). The zero-order chi connectivity index (χ0) is 21.3. The Morgan fingerprint density at radius 2 is 1.77 bits per heavy atom. The minimum atomic E-state index is -1.55. The number of likely N-dealkylation sites (tertiary alicyclic amines) is 1. The van der Waals surface area contributed by atoms with E-state index in [0.717, 1.165) is 30.7 Å². The standard InChI is InChI=1S/C21H19Br2N3O4/c22-16-10-14(24-20(27)21(28)29)11-17(23)19(16)30-15-3-4-18-13(9-15)5-8-26(18)12-25-6-1-2-7-25/h3-5,8-11H,1-2,6-7,12H2,(H,24,27)(H,28,29). The number of nitrogens with one attached hydrogen (secondary N) is 1. The largest absolute Gasteiger partial charge is 0.474 e. The average molecular weight is 537 g/mol. The Kier molecular flexibility index (Phi) is 6.12. The van der Waals surface area contributed by atoms with E-state index in [1.54, 1.807) is 12.1 Å². The Hall–Kier alpha value is -2.36. The molecule has 1 aliphatic rings. The SMILES string of the molecule is O=C(O)C(=O)Nc1cc(Br)c(Oc2ccc3c(ccn3CN3CCCC3)c2)c(Br)c1. The molecule has 1 fully saturated rings. The monoisotopic (exact) mass is 535 g/mol. The van der Waals surface area contributed by atoms with Crippen LogP contribution in [0.5, 0.6) is 11.5 Å². The third kappa shape index (κ3) is 4.53. The van der Waals surface area contributed by atoms with Crippen LogP contribution in [-0.4, -0.2) is 39.5 Å². The molecular weight excluding hydrogens is 518 g/mol. The third-order valence-corrected chi connectivity index (χ3v) is 6.14. The number of carbonyl (C=O) groups excluding carboxylic acids is 1. The van der Waals surface area contributed by atoms with Gasteiger partial charge in [-0.3, -0.25) is 9.69 Å². The Morgan fingerprint density at radius 1 is 1.07 bits per heavy atom. The molecule has 7 nitrogen and oxygen atoms in total. The molecule has 9 heteroatoms. The number of carbonyl (C=O) groups is 2. The van der Waals surface area contributed by atoms with Gasteiger partial charge in [-0.2, -0.15) is 0 Å². The first kappa shape index (κ1) is 20.9. The van der Waals surface area contributed by atoms with E-state index >= 15 is 0 Å². The van der Waals surface area contributed by atoms with Crippen molar-refractivity contribution in [2.45, 2.75) is 19.5 Å². The number of aliphatic carboxylic acids is 1. The van der Waals surface area contributed by atoms with Crippen molar-refractivity contribution < 1.29 is 19.4 Å². The molecule has 1 saturated heterocycles. The van der Waals surface area contributed by atoms with Crippen molar-refractivity contribution in [1.82, 2.24) is 9.47 Å². The molecule has 1 aliphatic heterocycles. The molecule has 3 aromatic rings. The van der Waals surface area contributed by atoms with E-state index in [2.05, 4.69) is 58.9 Å². The number of ether oxygens (including phenoxy) is 1. The summed E-state index contributed by atoms with van der Waals surface area (Å²) in [5.41, 5.74) is 1.49. The summed E-state index contributed by atoms with van der Waals surface area (Å²) in [6, 6.07) is 11.2. The first-order valence-corrected chi connectivity index (χ1v) is 11.0. The highest BCUT2D eigenvalue weighted by atomic mass is 79.9. The second-order valence-corrected chi connectivity index (χ2v) is 8.81. The fourth-order valence-electron chi connectivity index (χ4n) is 3.54. The van der Waals surface area contributed by atoms with Crippen LogP contribution >= 0.6 is 31.9 Å². The molecule has 1 amide bonds. The van der Waals surface area contributed by atoms with Crippen LogP contribution in [0.3, 0.4) is 0 Å². The lowest BCUT2D eigenvalue weighted by atomic mass is 10.2. The summed E-state index contributed by atoms with van der Waals surface area (Å²) in [5.74, 6) is -1.46. The number of rotatable bonds is 5. The van der Waals surface area contributed by atoms with Gasteiger partial charge < -0.3 is 19.7 Å². The summed E-state index contributed by atoms with van der Waals surface area (Å²) in [4.78, 5) is 24.5. The normalized spacial score (nSPS) is 14.2. The Balaban J connectivity index is 1.53. The van der Waals surface area contributed by atoms with Gasteiger partial charge in [-0.25, -0.2) is 4.79 Å². The quantitative estimate of drug-likeness (QED) is 0.446. The van der Waals surface area contributed by atoms with E-state index in [9.17, 15) is 9.59 Å². The van der Waals surface area contributed by atoms with Crippen molar-refractivity contribution in [3.63, 3.8) is 0 Å². The van der Waals surface area contributed by atoms with Crippen molar-refractivity contribution in [2.75, 3.05) is 18.4 Å². The molecule has 2 aromatic carbocycles. The van der Waals surface area contributed by atoms with Crippen LogP contribution < -0.4 is 10.1 Å². The third-order valence-electron chi connectivity index (χ3n) is 4.96. The number of benzene rings is 2. The number of amides is 1. The number of carboxylic acids is 1. The lowest BCUT2D eigenvalue weighted by molar-refractivity contribution is -0.147. The average Bonchev–Trinajstić information content (AvgIpc) is 3.35. The number of aromatic nitrogens is 1. The summed E-state index contributed by atoms with van der Waals surface area (Å²) >= 11 is 6.84. The van der Waals surface area contributed by atoms with Crippen molar-refractivity contribution in [3.05, 3.63) is 51.5 Å². The van der Waals surface area contributed by atoms with E-state index < -0.39 is 11.9 Å². The molecule has 0 unspecified atom stereocenters. The highest BCUT2D eigenvalue weighted by Crippen LogP contribution is 2.39. The smallest absolute Gasteiger partial charge is 0.394 e. The van der Waals surface area contributed by atoms with Crippen LogP contribution in [0, 0.1) is 0 Å². The molecule has 1 aromatic heterocycles. The maximum atomic E-state index is 11.4. The Morgan fingerprint density at radius 3 is 2.43 bits per heavy atom. The summed E-state index contributed by atoms with van der Waals surface area (Å²) < 4.78 is 9.45. The van der Waals surface area contributed by atoms with Gasteiger partial charge >= 0.3 is 11.9 Å². The van der Waals surface area contributed by atoms with Crippen molar-refractivity contribution >= 4 is 60.3 Å². The molecule has 0 aliphatic carbocycles. The fourth-order valence-corrected chi connectivity index (χ4v) is 4.88. The number of nitrogens with zero attached hydrogens (tertiary/aromatic N) is 2. The zero-order valence-electron chi connectivity index (χ0n) is 15.9. The van der Waals surface area contributed by atoms with E-state index in [4.69, 9.17) is 9.84 Å². The summed E-state index contributed by atoms with van der Waals surface area (Å²) in [7, 11) is 0. The van der Waals surface area contributed by atoms with E-state index in [0.29, 0.717) is 26.1 Å². The lowest BCUT2D eigenvalue weighted by Crippen LogP contribution is -2.22. The van der Waals surface area contributed by atoms with Gasteiger partial charge in [0.05, 0.1) is 15.6 Å². The molecule has 2 N–H and O–H groups in total. The molecule has 0 radical (unpaired) electrons. The second kappa shape index (κ2) is 8.79. The predicted octanol–water partition coefficient (Wildman–Crippen LogP) is 5.04. The molecule has 0 saturated carbocycles. The number of carboxylic acid groups (broad SMARTS) is 1. The second-order valence-electron chi connectivity index (χ2n) is 7.10. The van der Waals surface area contributed by atoms with Gasteiger partial charge in [-0.15, -0.1) is 0 Å². The van der Waals surface area contributed by atoms with Crippen molar-refractivity contribution in [1.29, 1.82) is 0 Å². The van der Waals surface area contributed by atoms with E-state index in [-0.39, 0.29) is 0 Å². The minimum absolute atomic E-state index is 0.336. The van der Waals surface area contributed by atoms with E-state index in [1.165, 1.54) is 12.8 Å². The van der Waals surface area contributed by atoms with Crippen LogP contribution in [0.15, 0.2) is 51.5 Å². The van der Waals surface area contributed by atoms with Crippen LogP contribution in [0.25, 0.3) is 10.9 Å². The fraction of sp³-hybridized carbons (Fsp3) is 0.238. The number of fused-ring (bicyclic) bond motifs is 1. The molecule has 30 heavy (non-hydrogen) atoms. The molecule has 0 spiro atoms. The van der Waals surface area contributed by atoms with Gasteiger partial charge in [-0.05, 0) is 94.2 Å². The first-order chi connectivity index (χ1) is 14.4. The Bertz CT molecular complexity index is 1100. The Labute approximate surface area is 189 Å². The number of halogens is 2. The van der Waals surface area contributed by atoms with Gasteiger partial charge in [-0.1, -0.05) is 0 Å². The molecule has 156 valence electrons. The molecule has 0 bridgehead atoms. The van der Waals surface area contributed by atoms with Crippen LogP contribution in [0.4, 0.5) is 5.69 Å². The van der Waals surface area contributed by atoms with Gasteiger partial charge in [0.2, 0.25) is 0 Å². The van der Waals surface area contributed by atoms with E-state index in [1.807, 2.05) is 18.2 Å². The van der Waals surface area contributed by atoms with Gasteiger partial charge in [0.1, 0.15) is 5.75 Å². The van der Waals surface area contributed by atoms with Gasteiger partial charge in [0, 0.05) is 22.8 Å². The first-order valence-electron chi connectivity index (χ1n) is 9.43. The van der Waals surface area contributed by atoms with Crippen LogP contribution in [0.1, 0.15) is 12.8 Å². The zero-order valence-corrected chi connectivity index (χ0v) is 19.1. The van der Waals surface area contributed by atoms with Gasteiger partial charge in [0.25, 0.3) is 0 Å². The summed E-state index contributed by atoms with van der Waals surface area (Å²) in [6.07, 6.45) is 4.62. The summed E-state index contributed by atoms with van der Waals surface area (Å²) in [6.45, 7) is 3.18. The van der Waals surface area contributed by atoms with Crippen molar-refractivity contribution in [3.8, 4) is 11.5 Å².